The lowest BCUT2D eigenvalue weighted by molar-refractivity contribution is -0.0768. The summed E-state index contributed by atoms with van der Waals surface area (Å²) in [6.07, 6.45) is 4.41. The van der Waals surface area contributed by atoms with Crippen molar-refractivity contribution in [1.29, 1.82) is 0 Å². The zero-order chi connectivity index (χ0) is 9.26. The lowest BCUT2D eigenvalue weighted by Gasteiger charge is -2.43. The van der Waals surface area contributed by atoms with Gasteiger partial charge in [0.2, 0.25) is 0 Å². The van der Waals surface area contributed by atoms with Gasteiger partial charge in [0.1, 0.15) is 0 Å². The van der Waals surface area contributed by atoms with E-state index >= 15 is 0 Å². The van der Waals surface area contributed by atoms with Gasteiger partial charge in [-0.1, -0.05) is 13.8 Å². The minimum atomic E-state index is 0.506. The third kappa shape index (κ3) is 1.89. The highest BCUT2D eigenvalue weighted by molar-refractivity contribution is 4.90. The van der Waals surface area contributed by atoms with Gasteiger partial charge in [0, 0.05) is 18.6 Å². The van der Waals surface area contributed by atoms with Gasteiger partial charge >= 0.3 is 0 Å². The quantitative estimate of drug-likeness (QED) is 0.669. The van der Waals surface area contributed by atoms with Crippen molar-refractivity contribution in [3.05, 3.63) is 0 Å². The maximum atomic E-state index is 5.87. The molecular formula is C11H21NO. The van der Waals surface area contributed by atoms with Crippen LogP contribution in [0.1, 0.15) is 33.1 Å². The van der Waals surface area contributed by atoms with Crippen molar-refractivity contribution < 1.29 is 4.74 Å². The molecule has 0 bridgehead atoms. The van der Waals surface area contributed by atoms with E-state index in [-0.39, 0.29) is 0 Å². The molecule has 13 heavy (non-hydrogen) atoms. The molecule has 0 aliphatic carbocycles. The third-order valence-electron chi connectivity index (χ3n) is 3.46. The number of hydrogen-bond acceptors (Lipinski definition) is 2. The van der Waals surface area contributed by atoms with E-state index in [2.05, 4.69) is 19.2 Å². The normalized spacial score (nSPS) is 40.4. The predicted molar refractivity (Wildman–Crippen MR) is 53.7 cm³/mol. The molecule has 0 saturated carbocycles. The molecule has 1 N–H and O–H groups in total. The lowest BCUT2D eigenvalue weighted by Crippen LogP contribution is -2.52. The van der Waals surface area contributed by atoms with Crippen LogP contribution in [-0.2, 0) is 4.74 Å². The second-order valence-electron chi connectivity index (χ2n) is 4.73. The number of rotatable bonds is 1. The van der Waals surface area contributed by atoms with Crippen LogP contribution in [-0.4, -0.2) is 25.3 Å². The van der Waals surface area contributed by atoms with Crippen LogP contribution in [0.15, 0.2) is 0 Å². The standard InChI is InChI=1S/C11H21NO/c1-8(2)11-9-4-3-6-12-10(9)5-7-13-11/h8-12H,3-7H2,1-2H3. The first kappa shape index (κ1) is 9.47. The predicted octanol–water partition coefficient (Wildman–Crippen LogP) is 1.80. The molecule has 2 saturated heterocycles. The van der Waals surface area contributed by atoms with Crippen molar-refractivity contribution in [1.82, 2.24) is 5.32 Å². The van der Waals surface area contributed by atoms with Gasteiger partial charge in [0.25, 0.3) is 0 Å². The van der Waals surface area contributed by atoms with Crippen LogP contribution in [0.4, 0.5) is 0 Å². The number of ether oxygens (including phenoxy) is 1. The van der Waals surface area contributed by atoms with Crippen LogP contribution in [0.5, 0.6) is 0 Å². The van der Waals surface area contributed by atoms with Crippen LogP contribution >= 0.6 is 0 Å². The smallest absolute Gasteiger partial charge is 0.0641 e. The van der Waals surface area contributed by atoms with Gasteiger partial charge in [-0.2, -0.15) is 0 Å². The first-order chi connectivity index (χ1) is 6.29. The van der Waals surface area contributed by atoms with E-state index in [0.29, 0.717) is 12.0 Å². The highest BCUT2D eigenvalue weighted by Gasteiger charge is 2.36. The second-order valence-corrected chi connectivity index (χ2v) is 4.73. The summed E-state index contributed by atoms with van der Waals surface area (Å²) in [4.78, 5) is 0. The number of hydrogen-bond donors (Lipinski definition) is 1. The van der Waals surface area contributed by atoms with Gasteiger partial charge in [-0.15, -0.1) is 0 Å². The average Bonchev–Trinajstić information content (AvgIpc) is 2.17. The van der Waals surface area contributed by atoms with E-state index in [1.54, 1.807) is 0 Å². The Bertz CT molecular complexity index is 167. The van der Waals surface area contributed by atoms with Gasteiger partial charge in [-0.25, -0.2) is 0 Å². The Morgan fingerprint density at radius 2 is 2.15 bits per heavy atom. The molecule has 0 aromatic rings. The zero-order valence-corrected chi connectivity index (χ0v) is 8.75. The maximum Gasteiger partial charge on any atom is 0.0641 e. The van der Waals surface area contributed by atoms with E-state index in [1.165, 1.54) is 25.8 Å². The summed E-state index contributed by atoms with van der Waals surface area (Å²) in [6.45, 7) is 6.73. The fourth-order valence-corrected chi connectivity index (χ4v) is 2.83. The van der Waals surface area contributed by atoms with Crippen molar-refractivity contribution in [2.24, 2.45) is 11.8 Å². The van der Waals surface area contributed by atoms with Gasteiger partial charge in [0.15, 0.2) is 0 Å². The summed E-state index contributed by atoms with van der Waals surface area (Å²) in [7, 11) is 0. The summed E-state index contributed by atoms with van der Waals surface area (Å²) in [5, 5.41) is 3.63. The molecule has 2 aliphatic rings. The van der Waals surface area contributed by atoms with E-state index in [1.807, 2.05) is 0 Å². The largest absolute Gasteiger partial charge is 0.378 e. The lowest BCUT2D eigenvalue weighted by atomic mass is 9.79. The SMILES string of the molecule is CC(C)C1OCCC2NCCCC21. The van der Waals surface area contributed by atoms with Crippen LogP contribution in [0.2, 0.25) is 0 Å². The molecule has 0 aromatic carbocycles. The number of fused-ring (bicyclic) bond motifs is 1. The van der Waals surface area contributed by atoms with Gasteiger partial charge in [-0.05, 0) is 31.7 Å². The maximum absolute atomic E-state index is 5.87. The number of nitrogens with one attached hydrogen (secondary N) is 1. The minimum Gasteiger partial charge on any atom is -0.378 e. The molecule has 2 heterocycles. The summed E-state index contributed by atoms with van der Waals surface area (Å²) in [5.41, 5.74) is 0. The van der Waals surface area contributed by atoms with Gasteiger partial charge in [-0.3, -0.25) is 0 Å². The van der Waals surface area contributed by atoms with Crippen LogP contribution in [0.3, 0.4) is 0 Å². The Morgan fingerprint density at radius 1 is 1.31 bits per heavy atom. The summed E-state index contributed by atoms with van der Waals surface area (Å²) >= 11 is 0. The fraction of sp³-hybridized carbons (Fsp3) is 1.00. The van der Waals surface area contributed by atoms with E-state index in [0.717, 1.165) is 18.6 Å². The van der Waals surface area contributed by atoms with Crippen LogP contribution in [0.25, 0.3) is 0 Å². The highest BCUT2D eigenvalue weighted by atomic mass is 16.5. The summed E-state index contributed by atoms with van der Waals surface area (Å²) in [5.74, 6) is 1.45. The molecule has 2 heteroatoms. The topological polar surface area (TPSA) is 21.3 Å². The molecule has 2 rings (SSSR count). The monoisotopic (exact) mass is 183 g/mol. The first-order valence-electron chi connectivity index (χ1n) is 5.64. The Hall–Kier alpha value is -0.0800. The third-order valence-corrected chi connectivity index (χ3v) is 3.46. The molecule has 0 radical (unpaired) electrons. The van der Waals surface area contributed by atoms with Crippen LogP contribution < -0.4 is 5.32 Å². The Kier molecular flexibility index (Phi) is 2.89. The Morgan fingerprint density at radius 3 is 2.92 bits per heavy atom. The van der Waals surface area contributed by atoms with Crippen LogP contribution in [0, 0.1) is 11.8 Å². The molecule has 3 atom stereocenters. The van der Waals surface area contributed by atoms with Crippen molar-refractivity contribution in [2.45, 2.75) is 45.3 Å². The van der Waals surface area contributed by atoms with Crippen molar-refractivity contribution >= 4 is 0 Å². The summed E-state index contributed by atoms with van der Waals surface area (Å²) < 4.78 is 5.87. The molecule has 2 nitrogen and oxygen atoms in total. The molecular weight excluding hydrogens is 162 g/mol. The zero-order valence-electron chi connectivity index (χ0n) is 8.75. The van der Waals surface area contributed by atoms with Gasteiger partial charge in [0.05, 0.1) is 6.10 Å². The van der Waals surface area contributed by atoms with Crippen molar-refractivity contribution in [3.8, 4) is 0 Å². The first-order valence-corrected chi connectivity index (χ1v) is 5.64. The molecule has 76 valence electrons. The Balaban J connectivity index is 2.02. The van der Waals surface area contributed by atoms with Crippen molar-refractivity contribution in [3.63, 3.8) is 0 Å². The average molecular weight is 183 g/mol. The summed E-state index contributed by atoms with van der Waals surface area (Å²) in [6, 6.07) is 0.745. The highest BCUT2D eigenvalue weighted by Crippen LogP contribution is 2.32. The molecule has 2 aliphatic heterocycles. The fourth-order valence-electron chi connectivity index (χ4n) is 2.83. The van der Waals surface area contributed by atoms with Crippen molar-refractivity contribution in [2.75, 3.05) is 13.2 Å². The molecule has 0 amide bonds. The van der Waals surface area contributed by atoms with Gasteiger partial charge < -0.3 is 10.1 Å². The van der Waals surface area contributed by atoms with E-state index < -0.39 is 0 Å². The Labute approximate surface area is 81.0 Å². The molecule has 3 unspecified atom stereocenters. The second kappa shape index (κ2) is 3.97. The number of piperidine rings is 1. The molecule has 2 fully saturated rings. The molecule has 0 spiro atoms. The molecule has 0 aromatic heterocycles. The van der Waals surface area contributed by atoms with E-state index in [4.69, 9.17) is 4.74 Å². The van der Waals surface area contributed by atoms with E-state index in [9.17, 15) is 0 Å². The minimum absolute atomic E-state index is 0.506.